The molecule has 5 radical (unpaired) electrons. The Balaban J connectivity index is 2.64. The van der Waals surface area contributed by atoms with Gasteiger partial charge in [-0.1, -0.05) is 13.8 Å². The summed E-state index contributed by atoms with van der Waals surface area (Å²) in [4.78, 5) is 0. The maximum absolute atomic E-state index is 10.0. The second-order valence-corrected chi connectivity index (χ2v) is 3.41. The van der Waals surface area contributed by atoms with Crippen LogP contribution in [-0.2, 0) is 0 Å². The molecule has 0 aliphatic heterocycles. The number of aliphatic hydroxyl groups is 2. The molecule has 0 aromatic rings. The van der Waals surface area contributed by atoms with Crippen molar-refractivity contribution in [1.82, 2.24) is 0 Å². The van der Waals surface area contributed by atoms with Crippen molar-refractivity contribution in [2.45, 2.75) is 19.4 Å². The fraction of sp³-hybridized carbons (Fsp3) is 0.500. The average molecular weight is 167 g/mol. The van der Waals surface area contributed by atoms with E-state index in [1.807, 2.05) is 39.5 Å². The van der Waals surface area contributed by atoms with E-state index in [0.29, 0.717) is 0 Å². The van der Waals surface area contributed by atoms with Crippen LogP contribution in [0.2, 0.25) is 0 Å². The van der Waals surface area contributed by atoms with Crippen molar-refractivity contribution in [3.63, 3.8) is 0 Å². The zero-order valence-corrected chi connectivity index (χ0v) is 7.49. The topological polar surface area (TPSA) is 40.5 Å². The van der Waals surface area contributed by atoms with E-state index in [1.165, 1.54) is 0 Å². The Morgan fingerprint density at radius 2 is 1.83 bits per heavy atom. The van der Waals surface area contributed by atoms with Crippen molar-refractivity contribution >= 4 is 0 Å². The molecule has 0 unspecified atom stereocenters. The Kier molecular flexibility index (Phi) is 3.13. The molecule has 0 aromatic heterocycles. The summed E-state index contributed by atoms with van der Waals surface area (Å²) in [7, 11) is 0. The van der Waals surface area contributed by atoms with Crippen LogP contribution >= 0.6 is 0 Å². The fourth-order valence-electron chi connectivity index (χ4n) is 1.27. The number of hydrogen-bond donors (Lipinski definition) is 2. The maximum Gasteiger partial charge on any atom is 0.0968 e. The van der Waals surface area contributed by atoms with Crippen LogP contribution in [0.1, 0.15) is 13.8 Å². The van der Waals surface area contributed by atoms with E-state index in [0.717, 1.165) is 5.92 Å². The molecule has 2 N–H and O–H groups in total. The summed E-state index contributed by atoms with van der Waals surface area (Å²) >= 11 is 0. The smallest absolute Gasteiger partial charge is 0.0968 e. The van der Waals surface area contributed by atoms with Crippen LogP contribution in [0.25, 0.3) is 0 Å². The SMILES string of the molecule is CC(C)[C@@](O)(CO)[C]1[CH][CH][CH][CH]1. The van der Waals surface area contributed by atoms with Crippen LogP contribution in [0.4, 0.5) is 0 Å². The highest BCUT2D eigenvalue weighted by atomic mass is 16.3. The predicted molar refractivity (Wildman–Crippen MR) is 47.3 cm³/mol. The van der Waals surface area contributed by atoms with Gasteiger partial charge in [0.2, 0.25) is 0 Å². The highest BCUT2D eigenvalue weighted by Crippen LogP contribution is 2.37. The Labute approximate surface area is 74.6 Å². The number of aliphatic hydroxyl groups excluding tert-OH is 1. The fourth-order valence-corrected chi connectivity index (χ4v) is 1.27. The molecule has 0 heterocycles. The lowest BCUT2D eigenvalue weighted by Gasteiger charge is -2.35. The highest BCUT2D eigenvalue weighted by Gasteiger charge is 2.41. The Hall–Kier alpha value is -0.0800. The molecule has 1 rings (SSSR count). The van der Waals surface area contributed by atoms with Gasteiger partial charge in [-0.05, 0) is 31.6 Å². The zero-order valence-electron chi connectivity index (χ0n) is 7.49. The van der Waals surface area contributed by atoms with Gasteiger partial charge in [-0.15, -0.1) is 0 Å². The third-order valence-electron chi connectivity index (χ3n) is 2.36. The standard InChI is InChI=1S/C10H15O2/c1-8(2)10(12,7-11)9-5-3-4-6-9/h3-6,8,11-12H,7H2,1-2H3/t10-/m0/s1. The van der Waals surface area contributed by atoms with Gasteiger partial charge in [-0.25, -0.2) is 0 Å². The lowest BCUT2D eigenvalue weighted by Crippen LogP contribution is -2.44. The molecule has 1 saturated carbocycles. The lowest BCUT2D eigenvalue weighted by molar-refractivity contribution is -0.0318. The van der Waals surface area contributed by atoms with Crippen LogP contribution in [-0.4, -0.2) is 22.4 Å². The molecule has 2 heteroatoms. The summed E-state index contributed by atoms with van der Waals surface area (Å²) in [6.45, 7) is 3.56. The van der Waals surface area contributed by atoms with Gasteiger partial charge < -0.3 is 10.2 Å². The van der Waals surface area contributed by atoms with Crippen LogP contribution in [0.3, 0.4) is 0 Å². The molecule has 1 aliphatic rings. The molecule has 1 aliphatic carbocycles. The van der Waals surface area contributed by atoms with Crippen LogP contribution in [0, 0.1) is 37.5 Å². The van der Waals surface area contributed by atoms with Crippen LogP contribution in [0.5, 0.6) is 0 Å². The van der Waals surface area contributed by atoms with Crippen molar-refractivity contribution < 1.29 is 10.2 Å². The van der Waals surface area contributed by atoms with Gasteiger partial charge in [0, 0.05) is 5.92 Å². The third kappa shape index (κ3) is 1.64. The summed E-state index contributed by atoms with van der Waals surface area (Å²) < 4.78 is 0. The highest BCUT2D eigenvalue weighted by molar-refractivity contribution is 5.41. The van der Waals surface area contributed by atoms with Crippen LogP contribution in [0.15, 0.2) is 0 Å². The van der Waals surface area contributed by atoms with Crippen molar-refractivity contribution in [3.05, 3.63) is 31.6 Å². The van der Waals surface area contributed by atoms with E-state index < -0.39 is 5.60 Å². The first-order chi connectivity index (χ1) is 5.61. The minimum Gasteiger partial charge on any atom is -0.393 e. The summed E-state index contributed by atoms with van der Waals surface area (Å²) in [5, 5.41) is 19.1. The molecular formula is C10H15O2. The first kappa shape index (κ1) is 10.0. The summed E-state index contributed by atoms with van der Waals surface area (Å²) in [6.07, 6.45) is 7.38. The largest absolute Gasteiger partial charge is 0.393 e. The Bertz CT molecular complexity index is 139. The second-order valence-electron chi connectivity index (χ2n) is 3.41. The number of rotatable bonds is 3. The Morgan fingerprint density at radius 3 is 2.17 bits per heavy atom. The molecule has 2 nitrogen and oxygen atoms in total. The van der Waals surface area contributed by atoms with E-state index in [2.05, 4.69) is 0 Å². The van der Waals surface area contributed by atoms with Gasteiger partial charge >= 0.3 is 0 Å². The zero-order chi connectivity index (χ0) is 9.19. The quantitative estimate of drug-likeness (QED) is 0.652. The first-order valence-electron chi connectivity index (χ1n) is 4.16. The maximum atomic E-state index is 10.0. The van der Waals surface area contributed by atoms with Crippen molar-refractivity contribution in [3.8, 4) is 0 Å². The predicted octanol–water partition coefficient (Wildman–Crippen LogP) is 0.771. The van der Waals surface area contributed by atoms with Gasteiger partial charge in [-0.2, -0.15) is 0 Å². The summed E-state index contributed by atoms with van der Waals surface area (Å²) in [5.41, 5.74) is -1.08. The van der Waals surface area contributed by atoms with Gasteiger partial charge in [0.25, 0.3) is 0 Å². The van der Waals surface area contributed by atoms with E-state index in [1.54, 1.807) is 0 Å². The van der Waals surface area contributed by atoms with Crippen molar-refractivity contribution in [2.75, 3.05) is 6.61 Å². The molecule has 0 spiro atoms. The molecule has 0 saturated heterocycles. The normalized spacial score (nSPS) is 24.8. The lowest BCUT2D eigenvalue weighted by atomic mass is 9.78. The molecule has 12 heavy (non-hydrogen) atoms. The van der Waals surface area contributed by atoms with E-state index in [-0.39, 0.29) is 12.5 Å². The molecule has 0 bridgehead atoms. The van der Waals surface area contributed by atoms with Crippen molar-refractivity contribution in [1.29, 1.82) is 0 Å². The molecular weight excluding hydrogens is 152 g/mol. The molecule has 0 amide bonds. The average Bonchev–Trinajstić information content (AvgIpc) is 2.54. The van der Waals surface area contributed by atoms with E-state index >= 15 is 0 Å². The second kappa shape index (κ2) is 3.75. The molecule has 67 valence electrons. The molecule has 0 aromatic carbocycles. The van der Waals surface area contributed by atoms with E-state index in [9.17, 15) is 5.11 Å². The van der Waals surface area contributed by atoms with Crippen molar-refractivity contribution in [2.24, 2.45) is 5.92 Å². The molecule has 1 atom stereocenters. The van der Waals surface area contributed by atoms with Crippen LogP contribution < -0.4 is 0 Å². The van der Waals surface area contributed by atoms with Gasteiger partial charge in [0.05, 0.1) is 12.2 Å². The monoisotopic (exact) mass is 167 g/mol. The number of hydrogen-bond acceptors (Lipinski definition) is 2. The van der Waals surface area contributed by atoms with Gasteiger partial charge in [-0.3, -0.25) is 0 Å². The van der Waals surface area contributed by atoms with E-state index in [4.69, 9.17) is 5.11 Å². The summed E-state index contributed by atoms with van der Waals surface area (Å²) in [6, 6.07) is 0. The summed E-state index contributed by atoms with van der Waals surface area (Å²) in [5.74, 6) is 0.810. The molecule has 1 fully saturated rings. The first-order valence-corrected chi connectivity index (χ1v) is 4.16. The minimum atomic E-state index is -1.08. The Morgan fingerprint density at radius 1 is 1.33 bits per heavy atom. The minimum absolute atomic E-state index is 0.0184. The van der Waals surface area contributed by atoms with Gasteiger partial charge in [0.1, 0.15) is 0 Å². The third-order valence-corrected chi connectivity index (χ3v) is 2.36. The van der Waals surface area contributed by atoms with Gasteiger partial charge in [0.15, 0.2) is 0 Å².